The lowest BCUT2D eigenvalue weighted by atomic mass is 9.85. The normalized spacial score (nSPS) is 31.9. The summed E-state index contributed by atoms with van der Waals surface area (Å²) in [6.45, 7) is 0. The fourth-order valence-electron chi connectivity index (χ4n) is 7.44. The molecule has 2 aromatic carbocycles. The zero-order valence-corrected chi connectivity index (χ0v) is 21.4. The standard InChI is InChI=1S/C15H18FNO.C15H19N3/c1-17-11-6-7-12(17)9-10(8-11)15(18)13-4-2-3-5-14(13)16;1-18-11-6-7-12(18)9-10(8-11)15-13-4-2-3-5-14(13)16-17-15/h2-5,10-12H,6-9H2,1H3;2-5,10-12H,6-9H2,1H3,(H,16,17). The van der Waals surface area contributed by atoms with E-state index in [1.165, 1.54) is 55.7 Å². The number of hydrogen-bond acceptors (Lipinski definition) is 4. The third-order valence-corrected chi connectivity index (χ3v) is 9.61. The van der Waals surface area contributed by atoms with Crippen LogP contribution in [0.2, 0.25) is 0 Å². The lowest BCUT2D eigenvalue weighted by molar-refractivity contribution is 0.0763. The fraction of sp³-hybridized carbons (Fsp3) is 0.533. The molecule has 7 rings (SSSR count). The number of ketones is 1. The highest BCUT2D eigenvalue weighted by Gasteiger charge is 2.41. The van der Waals surface area contributed by atoms with Gasteiger partial charge in [0.15, 0.2) is 5.78 Å². The van der Waals surface area contributed by atoms with Crippen LogP contribution in [0.4, 0.5) is 4.39 Å². The van der Waals surface area contributed by atoms with Gasteiger partial charge < -0.3 is 9.80 Å². The molecule has 4 unspecified atom stereocenters. The van der Waals surface area contributed by atoms with E-state index in [1.54, 1.807) is 18.2 Å². The molecule has 4 aliphatic heterocycles. The Bertz CT molecular complexity index is 1210. The van der Waals surface area contributed by atoms with Crippen molar-refractivity contribution in [3.05, 3.63) is 65.6 Å². The van der Waals surface area contributed by atoms with Crippen LogP contribution in [0.1, 0.15) is 73.3 Å². The van der Waals surface area contributed by atoms with Crippen molar-refractivity contribution in [3.8, 4) is 0 Å². The van der Waals surface area contributed by atoms with Crippen LogP contribution in [0, 0.1) is 11.7 Å². The van der Waals surface area contributed by atoms with Crippen molar-refractivity contribution >= 4 is 16.7 Å². The number of aromatic nitrogens is 2. The van der Waals surface area contributed by atoms with Crippen LogP contribution in [0.5, 0.6) is 0 Å². The number of nitrogens with one attached hydrogen (secondary N) is 1. The predicted octanol–water partition coefficient (Wildman–Crippen LogP) is 5.78. The van der Waals surface area contributed by atoms with Gasteiger partial charge in [-0.05, 0) is 83.7 Å². The molecular formula is C30H37FN4O. The average Bonchev–Trinajstić information content (AvgIpc) is 3.44. The maximum absolute atomic E-state index is 13.7. The van der Waals surface area contributed by atoms with Gasteiger partial charge >= 0.3 is 0 Å². The molecule has 6 heteroatoms. The molecule has 4 fully saturated rings. The Kier molecular flexibility index (Phi) is 6.42. The number of rotatable bonds is 3. The lowest BCUT2D eigenvalue weighted by Crippen LogP contribution is -2.42. The SMILES string of the molecule is CN1C2CCC1CC(C(=O)c1ccccc1F)C2.CN1C2CCC1CC(c1[nH]nc3ccccc13)C2. The molecular weight excluding hydrogens is 451 g/mol. The average molecular weight is 489 g/mol. The maximum Gasteiger partial charge on any atom is 0.169 e. The summed E-state index contributed by atoms with van der Waals surface area (Å²) in [6, 6.07) is 17.4. The van der Waals surface area contributed by atoms with Crippen molar-refractivity contribution in [3.63, 3.8) is 0 Å². The Balaban J connectivity index is 0.000000133. The molecule has 190 valence electrons. The molecule has 3 aromatic rings. The van der Waals surface area contributed by atoms with E-state index in [4.69, 9.17) is 0 Å². The number of hydrogen-bond donors (Lipinski definition) is 1. The highest BCUT2D eigenvalue weighted by atomic mass is 19.1. The van der Waals surface area contributed by atoms with Crippen molar-refractivity contribution in [2.75, 3.05) is 14.1 Å². The van der Waals surface area contributed by atoms with Gasteiger partial charge in [0.1, 0.15) is 5.82 Å². The van der Waals surface area contributed by atoms with E-state index in [0.29, 0.717) is 18.0 Å². The number of fused-ring (bicyclic) bond motifs is 5. The summed E-state index contributed by atoms with van der Waals surface area (Å²) in [5.41, 5.74) is 2.75. The summed E-state index contributed by atoms with van der Waals surface area (Å²) < 4.78 is 13.7. The first-order chi connectivity index (χ1) is 17.5. The van der Waals surface area contributed by atoms with Crippen LogP contribution in [0.25, 0.3) is 10.9 Å². The molecule has 5 nitrogen and oxygen atoms in total. The van der Waals surface area contributed by atoms with Gasteiger partial charge in [-0.25, -0.2) is 4.39 Å². The van der Waals surface area contributed by atoms with Crippen LogP contribution in [-0.2, 0) is 0 Å². The molecule has 0 aliphatic carbocycles. The van der Waals surface area contributed by atoms with Crippen LogP contribution < -0.4 is 0 Å². The smallest absolute Gasteiger partial charge is 0.169 e. The second kappa shape index (κ2) is 9.71. The summed E-state index contributed by atoms with van der Waals surface area (Å²) in [5, 5.41) is 9.07. The Hall–Kier alpha value is -2.57. The van der Waals surface area contributed by atoms with Crippen LogP contribution in [0.15, 0.2) is 48.5 Å². The van der Waals surface area contributed by atoms with E-state index < -0.39 is 0 Å². The van der Waals surface area contributed by atoms with Gasteiger partial charge in [0.25, 0.3) is 0 Å². The molecule has 36 heavy (non-hydrogen) atoms. The highest BCUT2D eigenvalue weighted by Crippen LogP contribution is 2.43. The van der Waals surface area contributed by atoms with Crippen LogP contribution in [-0.4, -0.2) is 64.0 Å². The van der Waals surface area contributed by atoms with E-state index in [0.717, 1.165) is 30.4 Å². The Morgan fingerprint density at radius 1 is 0.833 bits per heavy atom. The van der Waals surface area contributed by atoms with Gasteiger partial charge in [-0.3, -0.25) is 9.89 Å². The van der Waals surface area contributed by atoms with Crippen molar-refractivity contribution in [2.24, 2.45) is 5.92 Å². The second-order valence-electron chi connectivity index (χ2n) is 11.4. The maximum atomic E-state index is 13.7. The zero-order chi connectivity index (χ0) is 24.8. The summed E-state index contributed by atoms with van der Waals surface area (Å²) >= 11 is 0. The molecule has 4 atom stereocenters. The number of carbonyl (C=O) groups excluding carboxylic acids is 1. The van der Waals surface area contributed by atoms with Crippen LogP contribution in [0.3, 0.4) is 0 Å². The topological polar surface area (TPSA) is 52.2 Å². The molecule has 1 N–H and O–H groups in total. The molecule has 0 amide bonds. The summed E-state index contributed by atoms with van der Waals surface area (Å²) in [7, 11) is 4.44. The van der Waals surface area contributed by atoms with E-state index in [1.807, 2.05) is 0 Å². The number of benzene rings is 2. The highest BCUT2D eigenvalue weighted by molar-refractivity contribution is 5.98. The van der Waals surface area contributed by atoms with Gasteiger partial charge in [0.05, 0.1) is 11.1 Å². The number of carbonyl (C=O) groups is 1. The number of Topliss-reactive ketones (excluding diaryl/α,β-unsaturated/α-hetero) is 1. The summed E-state index contributed by atoms with van der Waals surface area (Å²) in [6.07, 6.45) is 9.48. The largest absolute Gasteiger partial charge is 0.300 e. The van der Waals surface area contributed by atoms with Gasteiger partial charge in [-0.2, -0.15) is 5.10 Å². The van der Waals surface area contributed by atoms with Crippen molar-refractivity contribution in [1.82, 2.24) is 20.0 Å². The van der Waals surface area contributed by atoms with Gasteiger partial charge in [0, 0.05) is 47.1 Å². The molecule has 5 heterocycles. The lowest BCUT2D eigenvalue weighted by Gasteiger charge is -2.36. The molecule has 0 radical (unpaired) electrons. The Labute approximate surface area is 213 Å². The third-order valence-electron chi connectivity index (χ3n) is 9.61. The number of aromatic amines is 1. The predicted molar refractivity (Wildman–Crippen MR) is 141 cm³/mol. The Morgan fingerprint density at radius 2 is 1.39 bits per heavy atom. The van der Waals surface area contributed by atoms with Crippen LogP contribution >= 0.6 is 0 Å². The summed E-state index contributed by atoms with van der Waals surface area (Å²) in [5.74, 6) is 0.300. The number of para-hydroxylation sites is 1. The van der Waals surface area contributed by atoms with Crippen molar-refractivity contribution in [1.29, 1.82) is 0 Å². The fourth-order valence-corrected chi connectivity index (χ4v) is 7.44. The monoisotopic (exact) mass is 488 g/mol. The molecule has 0 saturated carbocycles. The number of halogens is 1. The summed E-state index contributed by atoms with van der Waals surface area (Å²) in [4.78, 5) is 17.4. The minimum atomic E-state index is -0.381. The quantitative estimate of drug-likeness (QED) is 0.475. The molecule has 4 aliphatic rings. The number of H-pyrrole nitrogens is 1. The van der Waals surface area contributed by atoms with Gasteiger partial charge in [-0.1, -0.05) is 30.3 Å². The Morgan fingerprint density at radius 3 is 2.03 bits per heavy atom. The minimum Gasteiger partial charge on any atom is -0.300 e. The number of piperidine rings is 2. The van der Waals surface area contributed by atoms with Gasteiger partial charge in [-0.15, -0.1) is 0 Å². The zero-order valence-electron chi connectivity index (χ0n) is 21.4. The molecule has 4 saturated heterocycles. The van der Waals surface area contributed by atoms with E-state index in [9.17, 15) is 9.18 Å². The van der Waals surface area contributed by atoms with Gasteiger partial charge in [0.2, 0.25) is 0 Å². The first-order valence-electron chi connectivity index (χ1n) is 13.6. The third kappa shape index (κ3) is 4.28. The van der Waals surface area contributed by atoms with E-state index >= 15 is 0 Å². The first kappa shape index (κ1) is 23.8. The molecule has 4 bridgehead atoms. The van der Waals surface area contributed by atoms with E-state index in [-0.39, 0.29) is 23.1 Å². The van der Waals surface area contributed by atoms with Crippen molar-refractivity contribution < 1.29 is 9.18 Å². The second-order valence-corrected chi connectivity index (χ2v) is 11.4. The number of nitrogens with zero attached hydrogens (tertiary/aromatic N) is 3. The first-order valence-corrected chi connectivity index (χ1v) is 13.6. The minimum absolute atomic E-state index is 0.00176. The molecule has 0 spiro atoms. The molecule has 1 aromatic heterocycles. The van der Waals surface area contributed by atoms with E-state index in [2.05, 4.69) is 58.4 Å². The van der Waals surface area contributed by atoms with Crippen molar-refractivity contribution in [2.45, 2.75) is 81.5 Å².